The van der Waals surface area contributed by atoms with Crippen LogP contribution in [0.2, 0.25) is 0 Å². The minimum Gasteiger partial charge on any atom is -0.393 e. The first kappa shape index (κ1) is 13.9. The molecule has 2 N–H and O–H groups in total. The minimum absolute atomic E-state index is 0.0582. The lowest BCUT2D eigenvalue weighted by Gasteiger charge is -2.31. The van der Waals surface area contributed by atoms with E-state index in [2.05, 4.69) is 19.2 Å². The number of amides is 1. The summed E-state index contributed by atoms with van der Waals surface area (Å²) in [7, 11) is 0. The second-order valence-corrected chi connectivity index (χ2v) is 6.53. The van der Waals surface area contributed by atoms with Crippen molar-refractivity contribution >= 4 is 5.91 Å². The maximum Gasteiger partial charge on any atom is 0.223 e. The van der Waals surface area contributed by atoms with Crippen LogP contribution in [0.3, 0.4) is 0 Å². The van der Waals surface area contributed by atoms with Crippen LogP contribution in [0.4, 0.5) is 0 Å². The SMILES string of the molecule is CC(C)C1CCC(NC(=O)[C@@H]2CC[C@H](O)C2)CC1. The van der Waals surface area contributed by atoms with Gasteiger partial charge in [0.15, 0.2) is 0 Å². The first-order chi connectivity index (χ1) is 8.56. The van der Waals surface area contributed by atoms with Crippen molar-refractivity contribution in [2.75, 3.05) is 0 Å². The Morgan fingerprint density at radius 1 is 1.11 bits per heavy atom. The van der Waals surface area contributed by atoms with E-state index in [9.17, 15) is 9.90 Å². The van der Waals surface area contributed by atoms with Gasteiger partial charge in [0.2, 0.25) is 5.91 Å². The van der Waals surface area contributed by atoms with Crippen LogP contribution in [0, 0.1) is 17.8 Å². The number of hydrogen-bond acceptors (Lipinski definition) is 2. The summed E-state index contributed by atoms with van der Waals surface area (Å²) >= 11 is 0. The summed E-state index contributed by atoms with van der Waals surface area (Å²) in [5.41, 5.74) is 0. The molecule has 0 aromatic heterocycles. The molecule has 18 heavy (non-hydrogen) atoms. The number of carbonyl (C=O) groups is 1. The quantitative estimate of drug-likeness (QED) is 0.812. The standard InChI is InChI=1S/C15H27NO2/c1-10(2)11-3-6-13(7-4-11)16-15(18)12-5-8-14(17)9-12/h10-14,17H,3-9H2,1-2H3,(H,16,18)/t11?,12-,13?,14+/m1/s1. The van der Waals surface area contributed by atoms with E-state index < -0.39 is 0 Å². The zero-order valence-electron chi connectivity index (χ0n) is 11.7. The lowest BCUT2D eigenvalue weighted by Crippen LogP contribution is -2.41. The molecule has 0 saturated heterocycles. The topological polar surface area (TPSA) is 49.3 Å². The summed E-state index contributed by atoms with van der Waals surface area (Å²) in [4.78, 5) is 12.1. The van der Waals surface area contributed by atoms with Gasteiger partial charge in [-0.15, -0.1) is 0 Å². The van der Waals surface area contributed by atoms with Crippen LogP contribution >= 0.6 is 0 Å². The summed E-state index contributed by atoms with van der Waals surface area (Å²) in [6.07, 6.45) is 6.80. The zero-order valence-corrected chi connectivity index (χ0v) is 11.7. The smallest absolute Gasteiger partial charge is 0.223 e. The third kappa shape index (κ3) is 3.47. The molecule has 0 aromatic carbocycles. The predicted octanol–water partition coefficient (Wildman–Crippen LogP) is 2.48. The highest BCUT2D eigenvalue weighted by Gasteiger charge is 2.31. The molecule has 0 aliphatic heterocycles. The molecule has 0 spiro atoms. The molecular formula is C15H27NO2. The lowest BCUT2D eigenvalue weighted by atomic mass is 9.79. The second kappa shape index (κ2) is 6.05. The molecule has 3 nitrogen and oxygen atoms in total. The van der Waals surface area contributed by atoms with Gasteiger partial charge in [-0.25, -0.2) is 0 Å². The van der Waals surface area contributed by atoms with Crippen LogP contribution in [0.1, 0.15) is 58.8 Å². The Labute approximate surface area is 110 Å². The molecular weight excluding hydrogens is 226 g/mol. The normalized spacial score (nSPS) is 36.9. The molecule has 104 valence electrons. The highest BCUT2D eigenvalue weighted by molar-refractivity contribution is 5.79. The van der Waals surface area contributed by atoms with E-state index in [1.807, 2.05) is 0 Å². The maximum absolute atomic E-state index is 12.1. The third-order valence-corrected chi connectivity index (χ3v) is 4.84. The van der Waals surface area contributed by atoms with Crippen molar-refractivity contribution in [2.45, 2.75) is 70.9 Å². The van der Waals surface area contributed by atoms with Crippen LogP contribution in [-0.4, -0.2) is 23.2 Å². The van der Waals surface area contributed by atoms with Crippen LogP contribution in [0.25, 0.3) is 0 Å². The first-order valence-electron chi connectivity index (χ1n) is 7.54. The van der Waals surface area contributed by atoms with E-state index in [0.29, 0.717) is 12.5 Å². The van der Waals surface area contributed by atoms with Gasteiger partial charge in [-0.05, 0) is 56.8 Å². The number of aliphatic hydroxyl groups excluding tert-OH is 1. The van der Waals surface area contributed by atoms with Gasteiger partial charge < -0.3 is 10.4 Å². The Hall–Kier alpha value is -0.570. The summed E-state index contributed by atoms with van der Waals surface area (Å²) < 4.78 is 0. The predicted molar refractivity (Wildman–Crippen MR) is 72.1 cm³/mol. The van der Waals surface area contributed by atoms with Crippen LogP contribution in [-0.2, 0) is 4.79 Å². The van der Waals surface area contributed by atoms with Crippen LogP contribution in [0.15, 0.2) is 0 Å². The van der Waals surface area contributed by atoms with E-state index in [1.54, 1.807) is 0 Å². The van der Waals surface area contributed by atoms with Gasteiger partial charge >= 0.3 is 0 Å². The van der Waals surface area contributed by atoms with Gasteiger partial charge in [0, 0.05) is 12.0 Å². The molecule has 0 bridgehead atoms. The Morgan fingerprint density at radius 2 is 1.78 bits per heavy atom. The summed E-state index contributed by atoms with van der Waals surface area (Å²) in [6, 6.07) is 0.380. The molecule has 0 unspecified atom stereocenters. The van der Waals surface area contributed by atoms with E-state index in [-0.39, 0.29) is 17.9 Å². The van der Waals surface area contributed by atoms with Gasteiger partial charge in [0.25, 0.3) is 0 Å². The van der Waals surface area contributed by atoms with Gasteiger partial charge in [-0.3, -0.25) is 4.79 Å². The molecule has 2 saturated carbocycles. The van der Waals surface area contributed by atoms with Crippen molar-refractivity contribution < 1.29 is 9.90 Å². The fourth-order valence-corrected chi connectivity index (χ4v) is 3.45. The number of carbonyl (C=O) groups excluding carboxylic acids is 1. The van der Waals surface area contributed by atoms with Crippen molar-refractivity contribution in [3.63, 3.8) is 0 Å². The fourth-order valence-electron chi connectivity index (χ4n) is 3.45. The van der Waals surface area contributed by atoms with E-state index in [4.69, 9.17) is 0 Å². The molecule has 2 rings (SSSR count). The van der Waals surface area contributed by atoms with E-state index >= 15 is 0 Å². The Bertz CT molecular complexity index is 282. The highest BCUT2D eigenvalue weighted by atomic mass is 16.3. The molecule has 2 fully saturated rings. The molecule has 3 heteroatoms. The second-order valence-electron chi connectivity index (χ2n) is 6.53. The average Bonchev–Trinajstić information content (AvgIpc) is 2.76. The zero-order chi connectivity index (χ0) is 13.1. The molecule has 2 aliphatic carbocycles. The Morgan fingerprint density at radius 3 is 2.28 bits per heavy atom. The highest BCUT2D eigenvalue weighted by Crippen LogP contribution is 2.31. The Kier molecular flexibility index (Phi) is 4.66. The molecule has 0 heterocycles. The third-order valence-electron chi connectivity index (χ3n) is 4.84. The summed E-state index contributed by atoms with van der Waals surface area (Å²) in [5.74, 6) is 1.85. The van der Waals surface area contributed by atoms with Gasteiger partial charge in [-0.2, -0.15) is 0 Å². The molecule has 1 amide bonds. The van der Waals surface area contributed by atoms with Crippen molar-refractivity contribution in [3.8, 4) is 0 Å². The fraction of sp³-hybridized carbons (Fsp3) is 0.933. The van der Waals surface area contributed by atoms with Gasteiger partial charge in [0.05, 0.1) is 6.10 Å². The van der Waals surface area contributed by atoms with Gasteiger partial charge in [0.1, 0.15) is 0 Å². The lowest BCUT2D eigenvalue weighted by molar-refractivity contribution is -0.126. The molecule has 2 aliphatic rings. The number of hydrogen-bond donors (Lipinski definition) is 2. The Balaban J connectivity index is 1.73. The number of rotatable bonds is 3. The van der Waals surface area contributed by atoms with Crippen molar-refractivity contribution in [1.82, 2.24) is 5.32 Å². The molecule has 2 atom stereocenters. The van der Waals surface area contributed by atoms with E-state index in [0.717, 1.165) is 37.5 Å². The van der Waals surface area contributed by atoms with Crippen molar-refractivity contribution in [3.05, 3.63) is 0 Å². The summed E-state index contributed by atoms with van der Waals surface area (Å²) in [6.45, 7) is 4.59. The van der Waals surface area contributed by atoms with E-state index in [1.165, 1.54) is 12.8 Å². The maximum atomic E-state index is 12.1. The van der Waals surface area contributed by atoms with Crippen molar-refractivity contribution in [1.29, 1.82) is 0 Å². The number of aliphatic hydroxyl groups is 1. The summed E-state index contributed by atoms with van der Waals surface area (Å²) in [5, 5.41) is 12.7. The van der Waals surface area contributed by atoms with Crippen molar-refractivity contribution in [2.24, 2.45) is 17.8 Å². The molecule has 0 aromatic rings. The largest absolute Gasteiger partial charge is 0.393 e. The van der Waals surface area contributed by atoms with Crippen LogP contribution in [0.5, 0.6) is 0 Å². The van der Waals surface area contributed by atoms with Gasteiger partial charge in [-0.1, -0.05) is 13.8 Å². The monoisotopic (exact) mass is 253 g/mol. The minimum atomic E-state index is -0.252. The number of nitrogens with one attached hydrogen (secondary N) is 1. The first-order valence-corrected chi connectivity index (χ1v) is 7.54. The molecule has 0 radical (unpaired) electrons. The van der Waals surface area contributed by atoms with Crippen LogP contribution < -0.4 is 5.32 Å². The average molecular weight is 253 g/mol.